The highest BCUT2D eigenvalue weighted by Gasteiger charge is 2.25. The Balaban J connectivity index is 4.06. The van der Waals surface area contributed by atoms with Gasteiger partial charge in [-0.2, -0.15) is 0 Å². The van der Waals surface area contributed by atoms with E-state index >= 15 is 0 Å². The van der Waals surface area contributed by atoms with Crippen LogP contribution in [0.5, 0.6) is 0 Å². The van der Waals surface area contributed by atoms with Gasteiger partial charge in [-0.05, 0) is 13.8 Å². The van der Waals surface area contributed by atoms with Crippen LogP contribution in [-0.2, 0) is 4.79 Å². The molecule has 0 spiro atoms. The molecule has 0 atom stereocenters. The van der Waals surface area contributed by atoms with Crippen LogP contribution in [0.1, 0.15) is 13.8 Å². The van der Waals surface area contributed by atoms with Gasteiger partial charge < -0.3 is 3.02 Å². The van der Waals surface area contributed by atoms with Crippen molar-refractivity contribution in [3.05, 3.63) is 0 Å². The van der Waals surface area contributed by atoms with E-state index in [-0.39, 0.29) is 9.33 Å². The number of amides is 1. The van der Waals surface area contributed by atoms with E-state index in [4.69, 9.17) is 0 Å². The lowest BCUT2D eigenvalue weighted by Gasteiger charge is -2.18. The topological polar surface area (TPSA) is 20.3 Å². The van der Waals surface area contributed by atoms with Crippen LogP contribution < -0.4 is 0 Å². The monoisotopic (exact) mass is 351 g/mol. The molecule has 0 aromatic heterocycles. The van der Waals surface area contributed by atoms with Gasteiger partial charge in [-0.25, -0.2) is 0 Å². The summed E-state index contributed by atoms with van der Waals surface area (Å²) in [5, 5.41) is 0. The first-order valence-corrected chi connectivity index (χ1v) is 4.53. The molecule has 0 heterocycles. The summed E-state index contributed by atoms with van der Waals surface area (Å²) in [6, 6.07) is 0. The van der Waals surface area contributed by atoms with Crippen LogP contribution >= 0.6 is 45.5 Å². The molecule has 0 aliphatic heterocycles. The lowest BCUT2D eigenvalue weighted by Crippen LogP contribution is -2.33. The minimum absolute atomic E-state index is 0.142. The molecule has 0 unspecified atom stereocenters. The third-order valence-corrected chi connectivity index (χ3v) is 1.69. The van der Waals surface area contributed by atoms with E-state index in [0.29, 0.717) is 0 Å². The fourth-order valence-corrected chi connectivity index (χ4v) is 1.79. The standard InChI is InChI=1S/C4H8BI2NO/c1-4(2,6)3(9)8(5)7/h5H2,1-2H3. The Labute approximate surface area is 83.8 Å². The third kappa shape index (κ3) is 3.64. The SMILES string of the molecule is BN(I)C(=O)C(C)(C)I. The molecule has 0 rings (SSSR count). The zero-order chi connectivity index (χ0) is 7.65. The molecule has 1 amide bonds. The number of carbonyl (C=O) groups is 1. The molecule has 2 nitrogen and oxygen atoms in total. The Morgan fingerprint density at radius 1 is 1.67 bits per heavy atom. The molecule has 0 aromatic rings. The molecule has 0 fully saturated rings. The van der Waals surface area contributed by atoms with Crippen LogP contribution in [-0.4, -0.2) is 20.3 Å². The Morgan fingerprint density at radius 3 is 2.00 bits per heavy atom. The zero-order valence-corrected chi connectivity index (χ0v) is 9.93. The molecule has 0 saturated carbocycles. The molecule has 5 heteroatoms. The zero-order valence-electron chi connectivity index (χ0n) is 5.61. The molecule has 0 bridgehead atoms. The molecule has 0 N–H and O–H groups in total. The molecule has 0 saturated heterocycles. The van der Waals surface area contributed by atoms with Crippen molar-refractivity contribution in [3.8, 4) is 0 Å². The summed E-state index contributed by atoms with van der Waals surface area (Å²) in [4.78, 5) is 11.1. The second-order valence-corrected chi connectivity index (χ2v) is 6.40. The van der Waals surface area contributed by atoms with Crippen molar-refractivity contribution < 1.29 is 4.79 Å². The summed E-state index contributed by atoms with van der Waals surface area (Å²) >= 11 is 4.09. The van der Waals surface area contributed by atoms with E-state index in [0.717, 1.165) is 0 Å². The second kappa shape index (κ2) is 3.40. The molecule has 52 valence electrons. The van der Waals surface area contributed by atoms with Gasteiger partial charge in [0.1, 0.15) is 0 Å². The van der Waals surface area contributed by atoms with Crippen LogP contribution in [0.15, 0.2) is 0 Å². The van der Waals surface area contributed by atoms with Crippen molar-refractivity contribution in [2.24, 2.45) is 0 Å². The Bertz CT molecular complexity index is 120. The van der Waals surface area contributed by atoms with Crippen LogP contribution in [0.25, 0.3) is 0 Å². The van der Waals surface area contributed by atoms with Gasteiger partial charge >= 0.3 is 0 Å². The first-order valence-electron chi connectivity index (χ1n) is 2.48. The van der Waals surface area contributed by atoms with Crippen molar-refractivity contribution >= 4 is 59.3 Å². The second-order valence-electron chi connectivity index (χ2n) is 2.25. The number of rotatable bonds is 1. The maximum atomic E-state index is 11.1. The van der Waals surface area contributed by atoms with Gasteiger partial charge in [0.05, 0.1) is 3.42 Å². The Kier molecular flexibility index (Phi) is 3.78. The number of hydrogen-bond donors (Lipinski definition) is 0. The highest BCUT2D eigenvalue weighted by molar-refractivity contribution is 14.1. The first-order chi connectivity index (χ1) is 3.85. The van der Waals surface area contributed by atoms with Gasteiger partial charge in [0.2, 0.25) is 13.9 Å². The highest BCUT2D eigenvalue weighted by Crippen LogP contribution is 2.20. The van der Waals surface area contributed by atoms with Gasteiger partial charge in [0.25, 0.3) is 0 Å². The number of nitrogens with zero attached hydrogens (tertiary/aromatic N) is 1. The van der Waals surface area contributed by atoms with Crippen LogP contribution in [0.4, 0.5) is 0 Å². The number of halogens is 2. The number of carbonyl (C=O) groups excluding carboxylic acids is 1. The average molecular weight is 351 g/mol. The van der Waals surface area contributed by atoms with Crippen LogP contribution in [0.2, 0.25) is 0 Å². The molecule has 0 radical (unpaired) electrons. The predicted molar refractivity (Wildman–Crippen MR) is 57.5 cm³/mol. The van der Waals surface area contributed by atoms with Gasteiger partial charge in [-0.3, -0.25) is 4.79 Å². The summed E-state index contributed by atoms with van der Waals surface area (Å²) in [5.41, 5.74) is 0. The number of alkyl halides is 1. The van der Waals surface area contributed by atoms with Crippen molar-refractivity contribution in [2.45, 2.75) is 17.3 Å². The Morgan fingerprint density at radius 2 is 2.00 bits per heavy atom. The molecule has 0 aliphatic rings. The number of hydrogen-bond acceptors (Lipinski definition) is 1. The van der Waals surface area contributed by atoms with Crippen molar-refractivity contribution in [1.29, 1.82) is 0 Å². The normalized spacial score (nSPS) is 11.1. The minimum atomic E-state index is -0.270. The third-order valence-electron chi connectivity index (χ3n) is 0.788. The van der Waals surface area contributed by atoms with Crippen molar-refractivity contribution in [2.75, 3.05) is 0 Å². The van der Waals surface area contributed by atoms with E-state index in [9.17, 15) is 4.79 Å². The molecular weight excluding hydrogens is 343 g/mol. The first kappa shape index (κ1) is 9.99. The molecular formula is C4H8BI2NO. The van der Waals surface area contributed by atoms with Crippen LogP contribution in [0, 0.1) is 0 Å². The smallest absolute Gasteiger partial charge is 0.234 e. The predicted octanol–water partition coefficient (Wildman–Crippen LogP) is 0.927. The van der Waals surface area contributed by atoms with E-state index in [1.54, 1.807) is 11.0 Å². The maximum absolute atomic E-state index is 11.1. The van der Waals surface area contributed by atoms with E-state index in [1.807, 2.05) is 36.7 Å². The summed E-state index contributed by atoms with van der Waals surface area (Å²) in [7, 11) is 1.75. The fraction of sp³-hybridized carbons (Fsp3) is 0.750. The average Bonchev–Trinajstić information content (AvgIpc) is 1.62. The summed E-state index contributed by atoms with van der Waals surface area (Å²) in [6.07, 6.45) is 0. The molecule has 0 aliphatic carbocycles. The van der Waals surface area contributed by atoms with Gasteiger partial charge in [0.15, 0.2) is 0 Å². The van der Waals surface area contributed by atoms with Gasteiger partial charge in [0, 0.05) is 22.9 Å². The summed E-state index contributed by atoms with van der Waals surface area (Å²) < 4.78 is 1.30. The molecule has 0 aromatic carbocycles. The summed E-state index contributed by atoms with van der Waals surface area (Å²) in [6.45, 7) is 3.79. The molecule has 9 heavy (non-hydrogen) atoms. The lowest BCUT2D eigenvalue weighted by atomic mass is 10.2. The lowest BCUT2D eigenvalue weighted by molar-refractivity contribution is -0.123. The summed E-state index contributed by atoms with van der Waals surface area (Å²) in [5.74, 6) is 0.142. The Hall–Kier alpha value is 0.995. The van der Waals surface area contributed by atoms with E-state index < -0.39 is 0 Å². The van der Waals surface area contributed by atoms with Crippen LogP contribution in [0.3, 0.4) is 0 Å². The van der Waals surface area contributed by atoms with Gasteiger partial charge in [-0.1, -0.05) is 22.6 Å². The fourth-order valence-electron chi connectivity index (χ4n) is 0.366. The van der Waals surface area contributed by atoms with Crippen molar-refractivity contribution in [1.82, 2.24) is 3.02 Å². The van der Waals surface area contributed by atoms with E-state index in [1.165, 1.54) is 0 Å². The van der Waals surface area contributed by atoms with E-state index in [2.05, 4.69) is 22.6 Å². The highest BCUT2D eigenvalue weighted by atomic mass is 127. The quantitative estimate of drug-likeness (QED) is 0.298. The maximum Gasteiger partial charge on any atom is 0.234 e. The van der Waals surface area contributed by atoms with Crippen molar-refractivity contribution in [3.63, 3.8) is 0 Å². The minimum Gasteiger partial charge on any atom is -0.338 e. The van der Waals surface area contributed by atoms with Gasteiger partial charge in [-0.15, -0.1) is 0 Å². The largest absolute Gasteiger partial charge is 0.338 e.